The van der Waals surface area contributed by atoms with Gasteiger partial charge in [0.15, 0.2) is 0 Å². The van der Waals surface area contributed by atoms with E-state index in [4.69, 9.17) is 10.8 Å². The minimum atomic E-state index is -0.967. The van der Waals surface area contributed by atoms with E-state index < -0.39 is 5.97 Å². The third-order valence-corrected chi connectivity index (χ3v) is 3.39. The molecular formula is C17H20N2O2. The Morgan fingerprint density at radius 1 is 1.14 bits per heavy atom. The largest absolute Gasteiger partial charge is 0.478 e. The lowest BCUT2D eigenvalue weighted by atomic mass is 10.1. The number of carboxylic acids is 1. The van der Waals surface area contributed by atoms with E-state index in [9.17, 15) is 4.79 Å². The molecule has 2 aromatic carbocycles. The van der Waals surface area contributed by atoms with Crippen molar-refractivity contribution in [2.75, 3.05) is 17.7 Å². The number of nitrogens with two attached hydrogens (primary N) is 1. The molecule has 4 heteroatoms. The molecule has 0 amide bonds. The number of anilines is 2. The highest BCUT2D eigenvalue weighted by atomic mass is 16.4. The molecule has 0 bridgehead atoms. The number of carboxylic acid groups (broad SMARTS) is 1. The first-order valence-electron chi connectivity index (χ1n) is 6.78. The normalized spacial score (nSPS) is 10.4. The Balaban J connectivity index is 2.24. The summed E-state index contributed by atoms with van der Waals surface area (Å²) < 4.78 is 0. The second kappa shape index (κ2) is 5.87. The molecule has 0 radical (unpaired) electrons. The van der Waals surface area contributed by atoms with Gasteiger partial charge < -0.3 is 15.7 Å². The van der Waals surface area contributed by atoms with Crippen molar-refractivity contribution in [2.45, 2.75) is 20.4 Å². The number of nitrogen functional groups attached to an aromatic ring is 1. The van der Waals surface area contributed by atoms with Crippen LogP contribution in [0, 0.1) is 13.8 Å². The quantitative estimate of drug-likeness (QED) is 0.846. The van der Waals surface area contributed by atoms with Gasteiger partial charge in [-0.1, -0.05) is 29.3 Å². The van der Waals surface area contributed by atoms with Gasteiger partial charge in [0, 0.05) is 13.6 Å². The zero-order valence-electron chi connectivity index (χ0n) is 12.6. The molecule has 3 N–H and O–H groups in total. The number of hydrogen-bond donors (Lipinski definition) is 2. The summed E-state index contributed by atoms with van der Waals surface area (Å²) >= 11 is 0. The summed E-state index contributed by atoms with van der Waals surface area (Å²) in [5.74, 6) is -0.967. The van der Waals surface area contributed by atoms with Crippen molar-refractivity contribution in [2.24, 2.45) is 0 Å². The van der Waals surface area contributed by atoms with Crippen LogP contribution in [0.5, 0.6) is 0 Å². The molecule has 0 aliphatic carbocycles. The van der Waals surface area contributed by atoms with Crippen molar-refractivity contribution in [3.63, 3.8) is 0 Å². The van der Waals surface area contributed by atoms with Crippen molar-refractivity contribution >= 4 is 17.3 Å². The smallest absolute Gasteiger partial charge is 0.335 e. The standard InChI is InChI=1S/C17H20N2O2/c1-11-6-12(2)8-13(7-11)10-19(3)16-5-4-14(17(20)21)9-15(16)18/h4-9H,10,18H2,1-3H3,(H,20,21). The van der Waals surface area contributed by atoms with Gasteiger partial charge in [0.05, 0.1) is 16.9 Å². The molecule has 21 heavy (non-hydrogen) atoms. The van der Waals surface area contributed by atoms with Gasteiger partial charge >= 0.3 is 5.97 Å². The fraction of sp³-hybridized carbons (Fsp3) is 0.235. The molecule has 2 aromatic rings. The van der Waals surface area contributed by atoms with Crippen LogP contribution in [0.25, 0.3) is 0 Å². The van der Waals surface area contributed by atoms with Gasteiger partial charge in [0.25, 0.3) is 0 Å². The van der Waals surface area contributed by atoms with E-state index in [2.05, 4.69) is 32.0 Å². The van der Waals surface area contributed by atoms with Crippen molar-refractivity contribution in [1.29, 1.82) is 0 Å². The SMILES string of the molecule is Cc1cc(C)cc(CN(C)c2ccc(C(=O)O)cc2N)c1. The van der Waals surface area contributed by atoms with Crippen LogP contribution in [-0.2, 0) is 6.54 Å². The maximum Gasteiger partial charge on any atom is 0.335 e. The van der Waals surface area contributed by atoms with Crippen LogP contribution in [0.1, 0.15) is 27.0 Å². The van der Waals surface area contributed by atoms with E-state index in [0.29, 0.717) is 5.69 Å². The fourth-order valence-electron chi connectivity index (χ4n) is 2.55. The van der Waals surface area contributed by atoms with Gasteiger partial charge in [-0.05, 0) is 37.6 Å². The molecule has 0 fully saturated rings. The van der Waals surface area contributed by atoms with Crippen molar-refractivity contribution in [3.8, 4) is 0 Å². The molecule has 0 saturated heterocycles. The van der Waals surface area contributed by atoms with Gasteiger partial charge in [-0.2, -0.15) is 0 Å². The average molecular weight is 284 g/mol. The molecule has 0 aliphatic heterocycles. The first-order chi connectivity index (χ1) is 9.86. The topological polar surface area (TPSA) is 66.6 Å². The predicted octanol–water partition coefficient (Wildman–Crippen LogP) is 3.22. The Kier molecular flexibility index (Phi) is 4.17. The van der Waals surface area contributed by atoms with E-state index in [1.54, 1.807) is 12.1 Å². The summed E-state index contributed by atoms with van der Waals surface area (Å²) in [6.45, 7) is 4.87. The minimum Gasteiger partial charge on any atom is -0.478 e. The van der Waals surface area contributed by atoms with Gasteiger partial charge in [0.2, 0.25) is 0 Å². The number of nitrogens with zero attached hydrogens (tertiary/aromatic N) is 1. The van der Waals surface area contributed by atoms with E-state index in [1.165, 1.54) is 22.8 Å². The number of hydrogen-bond acceptors (Lipinski definition) is 3. The Bertz CT molecular complexity index is 660. The average Bonchev–Trinajstić information content (AvgIpc) is 2.36. The van der Waals surface area contributed by atoms with Crippen LogP contribution in [0.2, 0.25) is 0 Å². The fourth-order valence-corrected chi connectivity index (χ4v) is 2.55. The first kappa shape index (κ1) is 14.9. The van der Waals surface area contributed by atoms with E-state index in [1.807, 2.05) is 11.9 Å². The number of benzene rings is 2. The number of carbonyl (C=O) groups is 1. The van der Waals surface area contributed by atoms with Crippen LogP contribution in [0.4, 0.5) is 11.4 Å². The lowest BCUT2D eigenvalue weighted by Crippen LogP contribution is -2.18. The molecule has 0 unspecified atom stereocenters. The monoisotopic (exact) mass is 284 g/mol. The van der Waals surface area contributed by atoms with Crippen LogP contribution in [-0.4, -0.2) is 18.1 Å². The lowest BCUT2D eigenvalue weighted by Gasteiger charge is -2.22. The molecule has 4 nitrogen and oxygen atoms in total. The highest BCUT2D eigenvalue weighted by molar-refractivity contribution is 5.90. The van der Waals surface area contributed by atoms with Crippen molar-refractivity contribution in [3.05, 3.63) is 58.7 Å². The highest BCUT2D eigenvalue weighted by Crippen LogP contribution is 2.25. The third-order valence-electron chi connectivity index (χ3n) is 3.39. The molecule has 0 heterocycles. The number of rotatable bonds is 4. The summed E-state index contributed by atoms with van der Waals surface area (Å²) in [5.41, 5.74) is 11.1. The highest BCUT2D eigenvalue weighted by Gasteiger charge is 2.10. The zero-order valence-corrected chi connectivity index (χ0v) is 12.6. The molecule has 0 aromatic heterocycles. The second-order valence-electron chi connectivity index (χ2n) is 5.43. The van der Waals surface area contributed by atoms with Crippen LogP contribution in [0.3, 0.4) is 0 Å². The molecule has 0 atom stereocenters. The maximum atomic E-state index is 10.9. The van der Waals surface area contributed by atoms with Crippen LogP contribution >= 0.6 is 0 Å². The number of aromatic carboxylic acids is 1. The summed E-state index contributed by atoms with van der Waals surface area (Å²) in [7, 11) is 1.95. The van der Waals surface area contributed by atoms with Crippen LogP contribution in [0.15, 0.2) is 36.4 Å². The predicted molar refractivity (Wildman–Crippen MR) is 85.8 cm³/mol. The minimum absolute atomic E-state index is 0.205. The zero-order chi connectivity index (χ0) is 15.6. The van der Waals surface area contributed by atoms with Gasteiger partial charge in [-0.3, -0.25) is 0 Å². The Labute approximate surface area is 124 Å². The molecule has 0 aliphatic rings. The van der Waals surface area contributed by atoms with Gasteiger partial charge in [0.1, 0.15) is 0 Å². The van der Waals surface area contributed by atoms with Crippen LogP contribution < -0.4 is 10.6 Å². The summed E-state index contributed by atoms with van der Waals surface area (Å²) in [4.78, 5) is 13.0. The summed E-state index contributed by atoms with van der Waals surface area (Å²) in [5, 5.41) is 8.97. The van der Waals surface area contributed by atoms with Crippen molar-refractivity contribution in [1.82, 2.24) is 0 Å². The molecule has 110 valence electrons. The summed E-state index contributed by atoms with van der Waals surface area (Å²) in [6.07, 6.45) is 0. The Hall–Kier alpha value is -2.49. The lowest BCUT2D eigenvalue weighted by molar-refractivity contribution is 0.0697. The Morgan fingerprint density at radius 2 is 1.76 bits per heavy atom. The first-order valence-corrected chi connectivity index (χ1v) is 6.78. The molecule has 2 rings (SSSR count). The molecular weight excluding hydrogens is 264 g/mol. The van der Waals surface area contributed by atoms with Gasteiger partial charge in [-0.25, -0.2) is 4.79 Å². The Morgan fingerprint density at radius 3 is 2.29 bits per heavy atom. The molecule has 0 spiro atoms. The van der Waals surface area contributed by atoms with E-state index in [-0.39, 0.29) is 5.56 Å². The van der Waals surface area contributed by atoms with E-state index >= 15 is 0 Å². The van der Waals surface area contributed by atoms with E-state index in [0.717, 1.165) is 12.2 Å². The van der Waals surface area contributed by atoms with Gasteiger partial charge in [-0.15, -0.1) is 0 Å². The number of aryl methyl sites for hydroxylation is 2. The molecule has 0 saturated carbocycles. The van der Waals surface area contributed by atoms with Crippen molar-refractivity contribution < 1.29 is 9.90 Å². The second-order valence-corrected chi connectivity index (χ2v) is 5.43. The summed E-state index contributed by atoms with van der Waals surface area (Å²) in [6, 6.07) is 11.2. The maximum absolute atomic E-state index is 10.9. The third kappa shape index (κ3) is 3.54.